The van der Waals surface area contributed by atoms with E-state index in [2.05, 4.69) is 17.6 Å². The molecule has 1 aromatic rings. The highest BCUT2D eigenvalue weighted by Crippen LogP contribution is 2.11. The first kappa shape index (κ1) is 13.0. The van der Waals surface area contributed by atoms with Crippen LogP contribution in [0.25, 0.3) is 0 Å². The molecule has 1 fully saturated rings. The van der Waals surface area contributed by atoms with Gasteiger partial charge in [-0.3, -0.25) is 4.79 Å². The maximum absolute atomic E-state index is 12.7. The Morgan fingerprint density at radius 3 is 2.78 bits per heavy atom. The molecule has 2 rings (SSSR count). The highest BCUT2D eigenvalue weighted by Gasteiger charge is 2.18. The Kier molecular flexibility index (Phi) is 4.31. The summed E-state index contributed by atoms with van der Waals surface area (Å²) >= 11 is 0. The number of piperidine rings is 1. The third-order valence-corrected chi connectivity index (χ3v) is 3.33. The van der Waals surface area contributed by atoms with Gasteiger partial charge in [-0.2, -0.15) is 0 Å². The van der Waals surface area contributed by atoms with E-state index in [1.165, 1.54) is 37.1 Å². The third kappa shape index (κ3) is 3.53. The van der Waals surface area contributed by atoms with E-state index in [1.54, 1.807) is 0 Å². The van der Waals surface area contributed by atoms with Crippen molar-refractivity contribution in [3.63, 3.8) is 0 Å². The number of amides is 1. The quantitative estimate of drug-likeness (QED) is 0.862. The fraction of sp³-hybridized carbons (Fsp3) is 0.500. The highest BCUT2D eigenvalue weighted by atomic mass is 19.1. The van der Waals surface area contributed by atoms with Gasteiger partial charge >= 0.3 is 0 Å². The number of benzene rings is 1. The first-order valence-corrected chi connectivity index (χ1v) is 6.45. The lowest BCUT2D eigenvalue weighted by Gasteiger charge is -2.28. The van der Waals surface area contributed by atoms with E-state index < -0.39 is 0 Å². The lowest BCUT2D eigenvalue weighted by atomic mass is 9.99. The number of hydrogen-bond acceptors (Lipinski definition) is 2. The Hall–Kier alpha value is -1.42. The maximum Gasteiger partial charge on any atom is 0.251 e. The van der Waals surface area contributed by atoms with Crippen molar-refractivity contribution in [1.82, 2.24) is 10.6 Å². The largest absolute Gasteiger partial charge is 0.350 e. The van der Waals surface area contributed by atoms with Gasteiger partial charge in [-0.05, 0) is 44.0 Å². The molecule has 0 saturated carbocycles. The van der Waals surface area contributed by atoms with Crippen molar-refractivity contribution < 1.29 is 9.18 Å². The molecule has 1 aliphatic rings. The van der Waals surface area contributed by atoms with Gasteiger partial charge in [-0.1, -0.05) is 6.42 Å². The van der Waals surface area contributed by atoms with Gasteiger partial charge in [0.25, 0.3) is 5.91 Å². The van der Waals surface area contributed by atoms with Gasteiger partial charge in [0, 0.05) is 24.2 Å². The molecule has 4 heteroatoms. The summed E-state index contributed by atoms with van der Waals surface area (Å²) in [6, 6.07) is 6.47. The van der Waals surface area contributed by atoms with Gasteiger partial charge in [0.15, 0.2) is 0 Å². The topological polar surface area (TPSA) is 41.1 Å². The van der Waals surface area contributed by atoms with Gasteiger partial charge in [0.2, 0.25) is 0 Å². The van der Waals surface area contributed by atoms with Crippen LogP contribution in [0.5, 0.6) is 0 Å². The average Bonchev–Trinajstić information content (AvgIpc) is 2.37. The lowest BCUT2D eigenvalue weighted by Crippen LogP contribution is -2.47. The van der Waals surface area contributed by atoms with Crippen LogP contribution in [0.3, 0.4) is 0 Å². The molecule has 18 heavy (non-hydrogen) atoms. The van der Waals surface area contributed by atoms with Crippen molar-refractivity contribution in [3.8, 4) is 0 Å². The van der Waals surface area contributed by atoms with E-state index in [-0.39, 0.29) is 11.7 Å². The van der Waals surface area contributed by atoms with Crippen molar-refractivity contribution in [2.75, 3.05) is 6.54 Å². The van der Waals surface area contributed by atoms with E-state index in [9.17, 15) is 9.18 Å². The summed E-state index contributed by atoms with van der Waals surface area (Å²) in [4.78, 5) is 11.8. The van der Waals surface area contributed by atoms with Crippen LogP contribution in [0.2, 0.25) is 0 Å². The van der Waals surface area contributed by atoms with Gasteiger partial charge in [0.05, 0.1) is 0 Å². The van der Waals surface area contributed by atoms with E-state index in [4.69, 9.17) is 0 Å². The van der Waals surface area contributed by atoms with E-state index in [0.717, 1.165) is 6.42 Å². The predicted molar refractivity (Wildman–Crippen MR) is 69.0 cm³/mol. The molecule has 2 N–H and O–H groups in total. The minimum atomic E-state index is -0.325. The summed E-state index contributed by atoms with van der Waals surface area (Å²) in [5, 5.41) is 6.34. The van der Waals surface area contributed by atoms with Crippen LogP contribution in [0, 0.1) is 5.82 Å². The second-order valence-electron chi connectivity index (χ2n) is 4.91. The molecule has 1 saturated heterocycles. The predicted octanol–water partition coefficient (Wildman–Crippen LogP) is 2.09. The Labute approximate surface area is 107 Å². The Bertz CT molecular complexity index is 405. The molecule has 1 aliphatic heterocycles. The first-order valence-electron chi connectivity index (χ1n) is 6.45. The first-order chi connectivity index (χ1) is 8.65. The molecule has 0 aliphatic carbocycles. The highest BCUT2D eigenvalue weighted by molar-refractivity contribution is 5.94. The van der Waals surface area contributed by atoms with Crippen molar-refractivity contribution >= 4 is 5.91 Å². The Balaban J connectivity index is 1.82. The molecule has 0 radical (unpaired) electrons. The van der Waals surface area contributed by atoms with Crippen LogP contribution in [0.4, 0.5) is 4.39 Å². The van der Waals surface area contributed by atoms with Gasteiger partial charge in [-0.25, -0.2) is 4.39 Å². The fourth-order valence-electron chi connectivity index (χ4n) is 2.32. The molecular formula is C14H19FN2O. The van der Waals surface area contributed by atoms with Crippen LogP contribution in [0.1, 0.15) is 36.5 Å². The van der Waals surface area contributed by atoms with E-state index in [1.807, 2.05) is 0 Å². The minimum absolute atomic E-state index is 0.143. The van der Waals surface area contributed by atoms with Crippen LogP contribution in [-0.4, -0.2) is 24.5 Å². The number of carbonyl (C=O) groups is 1. The summed E-state index contributed by atoms with van der Waals surface area (Å²) in [6.07, 6.45) is 3.49. The molecule has 2 unspecified atom stereocenters. The monoisotopic (exact) mass is 250 g/mol. The molecule has 2 atom stereocenters. The van der Waals surface area contributed by atoms with Gasteiger partial charge < -0.3 is 10.6 Å². The lowest BCUT2D eigenvalue weighted by molar-refractivity contribution is 0.0946. The number of halogens is 1. The average molecular weight is 250 g/mol. The molecule has 3 nitrogen and oxygen atoms in total. The molecule has 1 amide bonds. The minimum Gasteiger partial charge on any atom is -0.350 e. The van der Waals surface area contributed by atoms with Crippen molar-refractivity contribution in [2.24, 2.45) is 0 Å². The maximum atomic E-state index is 12.7. The zero-order valence-corrected chi connectivity index (χ0v) is 10.6. The normalized spacial score (nSPS) is 23.7. The van der Waals surface area contributed by atoms with E-state index in [0.29, 0.717) is 24.2 Å². The zero-order chi connectivity index (χ0) is 13.0. The second-order valence-corrected chi connectivity index (χ2v) is 4.91. The molecule has 0 spiro atoms. The van der Waals surface area contributed by atoms with Crippen molar-refractivity contribution in [1.29, 1.82) is 0 Å². The Morgan fingerprint density at radius 2 is 2.11 bits per heavy atom. The summed E-state index contributed by atoms with van der Waals surface area (Å²) in [5.41, 5.74) is 0.500. The summed E-state index contributed by atoms with van der Waals surface area (Å²) in [6.45, 7) is 2.79. The molecule has 98 valence electrons. The van der Waals surface area contributed by atoms with Crippen LogP contribution in [-0.2, 0) is 0 Å². The van der Waals surface area contributed by atoms with Crippen LogP contribution < -0.4 is 10.6 Å². The molecular weight excluding hydrogens is 231 g/mol. The number of rotatable bonds is 3. The van der Waals surface area contributed by atoms with Gasteiger partial charge in [0.1, 0.15) is 5.82 Å². The van der Waals surface area contributed by atoms with Crippen LogP contribution >= 0.6 is 0 Å². The number of carbonyl (C=O) groups excluding carboxylic acids is 1. The van der Waals surface area contributed by atoms with E-state index >= 15 is 0 Å². The van der Waals surface area contributed by atoms with Crippen molar-refractivity contribution in [2.45, 2.75) is 38.3 Å². The Morgan fingerprint density at radius 1 is 1.39 bits per heavy atom. The molecule has 0 aromatic heterocycles. The van der Waals surface area contributed by atoms with Crippen molar-refractivity contribution in [3.05, 3.63) is 35.6 Å². The number of hydrogen-bond donors (Lipinski definition) is 2. The van der Waals surface area contributed by atoms with Crippen LogP contribution in [0.15, 0.2) is 24.3 Å². The van der Waals surface area contributed by atoms with Gasteiger partial charge in [-0.15, -0.1) is 0 Å². The molecule has 0 bridgehead atoms. The fourth-order valence-corrected chi connectivity index (χ4v) is 2.32. The SMILES string of the molecule is CC1CCCC(CNC(=O)c2ccc(F)cc2)N1. The molecule has 1 aromatic carbocycles. The smallest absolute Gasteiger partial charge is 0.251 e. The third-order valence-electron chi connectivity index (χ3n) is 3.33. The summed E-state index contributed by atoms with van der Waals surface area (Å²) in [7, 11) is 0. The standard InChI is InChI=1S/C14H19FN2O/c1-10-3-2-4-13(17-10)9-16-14(18)11-5-7-12(15)8-6-11/h5-8,10,13,17H,2-4,9H2,1H3,(H,16,18). The molecule has 1 heterocycles. The summed E-state index contributed by atoms with van der Waals surface area (Å²) in [5.74, 6) is -0.468. The second kappa shape index (κ2) is 5.96. The zero-order valence-electron chi connectivity index (χ0n) is 10.6. The number of nitrogens with one attached hydrogen (secondary N) is 2. The summed E-state index contributed by atoms with van der Waals surface area (Å²) < 4.78 is 12.7.